The topological polar surface area (TPSA) is 64.7 Å². The monoisotopic (exact) mass is 408 g/mol. The Morgan fingerprint density at radius 2 is 1.70 bits per heavy atom. The van der Waals surface area contributed by atoms with Crippen LogP contribution in [0.2, 0.25) is 0 Å². The highest BCUT2D eigenvalue weighted by molar-refractivity contribution is 5.92. The van der Waals surface area contributed by atoms with Gasteiger partial charge in [-0.25, -0.2) is 4.79 Å². The second kappa shape index (κ2) is 10.3. The SMILES string of the molecule is Cc1cccc(NC(=O)NCC(=O)N2CCN(Cc3ccc(C(C)C)cc3)CC2)c1. The molecule has 0 radical (unpaired) electrons. The summed E-state index contributed by atoms with van der Waals surface area (Å²) in [6, 6.07) is 16.0. The third-order valence-corrected chi connectivity index (χ3v) is 5.45. The maximum absolute atomic E-state index is 12.4. The molecule has 2 N–H and O–H groups in total. The van der Waals surface area contributed by atoms with Crippen LogP contribution in [0.5, 0.6) is 0 Å². The Kier molecular flexibility index (Phi) is 7.46. The summed E-state index contributed by atoms with van der Waals surface area (Å²) < 4.78 is 0. The van der Waals surface area contributed by atoms with Gasteiger partial charge in [-0.3, -0.25) is 9.69 Å². The van der Waals surface area contributed by atoms with Gasteiger partial charge in [-0.1, -0.05) is 50.2 Å². The predicted octanol–water partition coefficient (Wildman–Crippen LogP) is 3.58. The molecule has 2 aromatic rings. The molecule has 1 aliphatic rings. The number of rotatable bonds is 6. The van der Waals surface area contributed by atoms with Crippen LogP contribution in [0.3, 0.4) is 0 Å². The first kappa shape index (κ1) is 21.8. The number of hydrogen-bond acceptors (Lipinski definition) is 3. The molecule has 160 valence electrons. The second-order valence-electron chi connectivity index (χ2n) is 8.23. The number of amides is 3. The van der Waals surface area contributed by atoms with Crippen LogP contribution in [-0.4, -0.2) is 54.5 Å². The van der Waals surface area contributed by atoms with Gasteiger partial charge in [0.05, 0.1) is 6.54 Å². The number of carbonyl (C=O) groups excluding carboxylic acids is 2. The molecule has 1 fully saturated rings. The average Bonchev–Trinajstić information content (AvgIpc) is 2.73. The number of aryl methyl sites for hydroxylation is 1. The Labute approximate surface area is 179 Å². The van der Waals surface area contributed by atoms with Crippen molar-refractivity contribution in [3.63, 3.8) is 0 Å². The molecule has 30 heavy (non-hydrogen) atoms. The van der Waals surface area contributed by atoms with Gasteiger partial charge in [0.15, 0.2) is 0 Å². The molecule has 6 nitrogen and oxygen atoms in total. The van der Waals surface area contributed by atoms with Gasteiger partial charge in [-0.05, 0) is 41.7 Å². The van der Waals surface area contributed by atoms with E-state index < -0.39 is 0 Å². The maximum Gasteiger partial charge on any atom is 0.319 e. The van der Waals surface area contributed by atoms with E-state index in [0.717, 1.165) is 30.9 Å². The Morgan fingerprint density at radius 3 is 2.33 bits per heavy atom. The molecule has 0 saturated carbocycles. The third kappa shape index (κ3) is 6.32. The van der Waals surface area contributed by atoms with E-state index in [1.54, 1.807) is 0 Å². The first-order valence-corrected chi connectivity index (χ1v) is 10.6. The van der Waals surface area contributed by atoms with Crippen molar-refractivity contribution >= 4 is 17.6 Å². The van der Waals surface area contributed by atoms with Gasteiger partial charge < -0.3 is 15.5 Å². The molecule has 6 heteroatoms. The molecule has 1 saturated heterocycles. The molecule has 0 bridgehead atoms. The summed E-state index contributed by atoms with van der Waals surface area (Å²) in [5.74, 6) is 0.497. The maximum atomic E-state index is 12.4. The average molecular weight is 409 g/mol. The molecule has 3 amide bonds. The number of benzene rings is 2. The Morgan fingerprint density at radius 1 is 1.00 bits per heavy atom. The summed E-state index contributed by atoms with van der Waals surface area (Å²) in [6.07, 6.45) is 0. The zero-order valence-corrected chi connectivity index (χ0v) is 18.1. The normalized spacial score (nSPS) is 14.6. The van der Waals surface area contributed by atoms with E-state index in [0.29, 0.717) is 19.0 Å². The smallest absolute Gasteiger partial charge is 0.319 e. The molecule has 0 aliphatic carbocycles. The van der Waals surface area contributed by atoms with Gasteiger partial charge in [0.1, 0.15) is 0 Å². The fraction of sp³-hybridized carbons (Fsp3) is 0.417. The van der Waals surface area contributed by atoms with Gasteiger partial charge in [0.2, 0.25) is 5.91 Å². The van der Waals surface area contributed by atoms with Crippen molar-refractivity contribution < 1.29 is 9.59 Å². The lowest BCUT2D eigenvalue weighted by Gasteiger charge is -2.34. The van der Waals surface area contributed by atoms with Crippen LogP contribution in [0, 0.1) is 6.92 Å². The molecule has 2 aromatic carbocycles. The first-order chi connectivity index (χ1) is 14.4. The standard InChI is InChI=1S/C24H32N4O2/c1-18(2)21-9-7-20(8-10-21)17-27-11-13-28(14-12-27)23(29)16-25-24(30)26-22-6-4-5-19(3)15-22/h4-10,15,18H,11-14,16-17H2,1-3H3,(H2,25,26,30). The van der Waals surface area contributed by atoms with E-state index in [1.165, 1.54) is 11.1 Å². The second-order valence-corrected chi connectivity index (χ2v) is 8.23. The summed E-state index contributed by atoms with van der Waals surface area (Å²) in [7, 11) is 0. The van der Waals surface area contributed by atoms with E-state index in [2.05, 4.69) is 53.6 Å². The minimum atomic E-state index is -0.363. The zero-order valence-electron chi connectivity index (χ0n) is 18.1. The molecular weight excluding hydrogens is 376 g/mol. The van der Waals surface area contributed by atoms with Crippen molar-refractivity contribution in [2.45, 2.75) is 33.2 Å². The quantitative estimate of drug-likeness (QED) is 0.768. The van der Waals surface area contributed by atoms with Gasteiger partial charge >= 0.3 is 6.03 Å². The molecule has 0 aromatic heterocycles. The van der Waals surface area contributed by atoms with Gasteiger partial charge in [-0.15, -0.1) is 0 Å². The van der Waals surface area contributed by atoms with Crippen LogP contribution < -0.4 is 10.6 Å². The minimum Gasteiger partial charge on any atom is -0.339 e. The number of carbonyl (C=O) groups is 2. The highest BCUT2D eigenvalue weighted by Gasteiger charge is 2.21. The summed E-state index contributed by atoms with van der Waals surface area (Å²) in [5, 5.41) is 5.42. The highest BCUT2D eigenvalue weighted by Crippen LogP contribution is 2.16. The lowest BCUT2D eigenvalue weighted by molar-refractivity contribution is -0.131. The van der Waals surface area contributed by atoms with Crippen LogP contribution in [0.4, 0.5) is 10.5 Å². The van der Waals surface area contributed by atoms with E-state index in [1.807, 2.05) is 36.1 Å². The highest BCUT2D eigenvalue weighted by atomic mass is 16.2. The first-order valence-electron chi connectivity index (χ1n) is 10.6. The minimum absolute atomic E-state index is 0.00825. The summed E-state index contributed by atoms with van der Waals surface area (Å²) >= 11 is 0. The van der Waals surface area contributed by atoms with E-state index in [-0.39, 0.29) is 18.5 Å². The number of hydrogen-bond donors (Lipinski definition) is 2. The lowest BCUT2D eigenvalue weighted by atomic mass is 10.0. The molecule has 0 atom stereocenters. The van der Waals surface area contributed by atoms with Crippen molar-refractivity contribution in [2.24, 2.45) is 0 Å². The van der Waals surface area contributed by atoms with E-state index >= 15 is 0 Å². The van der Waals surface area contributed by atoms with Crippen molar-refractivity contribution in [1.82, 2.24) is 15.1 Å². The molecule has 1 heterocycles. The van der Waals surface area contributed by atoms with E-state index in [4.69, 9.17) is 0 Å². The van der Waals surface area contributed by atoms with Crippen LogP contribution in [-0.2, 0) is 11.3 Å². The van der Waals surface area contributed by atoms with Crippen LogP contribution in [0.1, 0.15) is 36.5 Å². The molecule has 3 rings (SSSR count). The fourth-order valence-corrected chi connectivity index (χ4v) is 3.59. The molecule has 0 unspecified atom stereocenters. The summed E-state index contributed by atoms with van der Waals surface area (Å²) in [6.45, 7) is 10.3. The summed E-state index contributed by atoms with van der Waals surface area (Å²) in [5.41, 5.74) is 4.44. The lowest BCUT2D eigenvalue weighted by Crippen LogP contribution is -2.51. The van der Waals surface area contributed by atoms with Crippen LogP contribution in [0.15, 0.2) is 48.5 Å². The zero-order chi connectivity index (χ0) is 21.5. The van der Waals surface area contributed by atoms with E-state index in [9.17, 15) is 9.59 Å². The molecule has 0 spiro atoms. The number of nitrogens with one attached hydrogen (secondary N) is 2. The number of urea groups is 1. The fourth-order valence-electron chi connectivity index (χ4n) is 3.59. The largest absolute Gasteiger partial charge is 0.339 e. The van der Waals surface area contributed by atoms with Gasteiger partial charge in [-0.2, -0.15) is 0 Å². The molecular formula is C24H32N4O2. The Bertz CT molecular complexity index is 856. The Balaban J connectivity index is 1.39. The number of piperazine rings is 1. The van der Waals surface area contributed by atoms with Crippen LogP contribution >= 0.6 is 0 Å². The van der Waals surface area contributed by atoms with Crippen molar-refractivity contribution in [2.75, 3.05) is 38.0 Å². The Hall–Kier alpha value is -2.86. The molecule has 1 aliphatic heterocycles. The van der Waals surface area contributed by atoms with Gasteiger partial charge in [0.25, 0.3) is 0 Å². The van der Waals surface area contributed by atoms with Crippen molar-refractivity contribution in [1.29, 1.82) is 0 Å². The number of nitrogens with zero attached hydrogens (tertiary/aromatic N) is 2. The van der Waals surface area contributed by atoms with Gasteiger partial charge in [0, 0.05) is 38.4 Å². The predicted molar refractivity (Wildman–Crippen MR) is 121 cm³/mol. The van der Waals surface area contributed by atoms with Crippen molar-refractivity contribution in [3.8, 4) is 0 Å². The van der Waals surface area contributed by atoms with Crippen molar-refractivity contribution in [3.05, 3.63) is 65.2 Å². The van der Waals surface area contributed by atoms with Crippen LogP contribution in [0.25, 0.3) is 0 Å². The summed E-state index contributed by atoms with van der Waals surface area (Å²) in [4.78, 5) is 28.7. The third-order valence-electron chi connectivity index (χ3n) is 5.45. The number of anilines is 1.